The van der Waals surface area contributed by atoms with Crippen LogP contribution in [0.2, 0.25) is 5.02 Å². The minimum Gasteiger partial charge on any atom is -0.493 e. The molecule has 0 saturated carbocycles. The van der Waals surface area contributed by atoms with Gasteiger partial charge in [0.25, 0.3) is 5.69 Å². The molecule has 2 rings (SSSR count). The van der Waals surface area contributed by atoms with Gasteiger partial charge in [-0.2, -0.15) is 5.26 Å². The highest BCUT2D eigenvalue weighted by atomic mass is 35.5. The second kappa shape index (κ2) is 8.86. The van der Waals surface area contributed by atoms with Gasteiger partial charge < -0.3 is 4.74 Å². The van der Waals surface area contributed by atoms with Gasteiger partial charge in [0.15, 0.2) is 0 Å². The second-order valence-electron chi connectivity index (χ2n) is 5.36. The van der Waals surface area contributed by atoms with Crippen molar-refractivity contribution in [3.05, 3.63) is 68.7 Å². The predicted molar refractivity (Wildman–Crippen MR) is 98.4 cm³/mol. The molecule has 0 atom stereocenters. The van der Waals surface area contributed by atoms with E-state index in [0.29, 0.717) is 34.1 Å². The summed E-state index contributed by atoms with van der Waals surface area (Å²) >= 11 is 6.06. The van der Waals surface area contributed by atoms with Crippen LogP contribution in [0.15, 0.2) is 42.5 Å². The Morgan fingerprint density at radius 3 is 2.64 bits per heavy atom. The molecule has 0 N–H and O–H groups in total. The summed E-state index contributed by atoms with van der Waals surface area (Å²) < 4.78 is 5.76. The molecule has 25 heavy (non-hydrogen) atoms. The van der Waals surface area contributed by atoms with Gasteiger partial charge in [0.1, 0.15) is 5.75 Å². The second-order valence-corrected chi connectivity index (χ2v) is 5.79. The zero-order chi connectivity index (χ0) is 18.2. The van der Waals surface area contributed by atoms with Gasteiger partial charge >= 0.3 is 0 Å². The molecule has 0 radical (unpaired) electrons. The van der Waals surface area contributed by atoms with Crippen LogP contribution in [0.1, 0.15) is 30.9 Å². The Bertz CT molecular complexity index is 824. The van der Waals surface area contributed by atoms with Crippen molar-refractivity contribution in [3.8, 4) is 11.8 Å². The van der Waals surface area contributed by atoms with Crippen LogP contribution in [-0.2, 0) is 0 Å². The lowest BCUT2D eigenvalue weighted by atomic mass is 10.0. The van der Waals surface area contributed by atoms with E-state index in [0.717, 1.165) is 12.8 Å². The Kier molecular flexibility index (Phi) is 6.55. The van der Waals surface area contributed by atoms with Crippen LogP contribution in [0.3, 0.4) is 0 Å². The van der Waals surface area contributed by atoms with Crippen LogP contribution in [0, 0.1) is 21.4 Å². The summed E-state index contributed by atoms with van der Waals surface area (Å²) in [5, 5.41) is 20.7. The van der Waals surface area contributed by atoms with Gasteiger partial charge in [0.05, 0.1) is 23.2 Å². The number of hydrogen-bond acceptors (Lipinski definition) is 4. The van der Waals surface area contributed by atoms with Gasteiger partial charge in [0, 0.05) is 22.7 Å². The van der Waals surface area contributed by atoms with Crippen molar-refractivity contribution in [1.82, 2.24) is 0 Å². The Hall–Kier alpha value is -2.84. The number of nitriles is 1. The molecule has 0 aromatic heterocycles. The van der Waals surface area contributed by atoms with Crippen LogP contribution in [0.5, 0.6) is 5.75 Å². The molecule has 0 fully saturated rings. The van der Waals surface area contributed by atoms with Gasteiger partial charge in [0.2, 0.25) is 0 Å². The molecule has 0 heterocycles. The summed E-state index contributed by atoms with van der Waals surface area (Å²) in [6, 6.07) is 13.2. The molecule has 5 nitrogen and oxygen atoms in total. The molecule has 0 saturated heterocycles. The number of non-ortho nitro benzene ring substituents is 1. The van der Waals surface area contributed by atoms with Crippen molar-refractivity contribution < 1.29 is 9.66 Å². The van der Waals surface area contributed by atoms with Gasteiger partial charge in [-0.1, -0.05) is 24.9 Å². The maximum absolute atomic E-state index is 10.7. The van der Waals surface area contributed by atoms with E-state index in [1.165, 1.54) is 12.1 Å². The zero-order valence-corrected chi connectivity index (χ0v) is 14.5. The summed E-state index contributed by atoms with van der Waals surface area (Å²) in [6.45, 7) is 2.66. The minimum atomic E-state index is -0.476. The highest BCUT2D eigenvalue weighted by Gasteiger charge is 2.09. The topological polar surface area (TPSA) is 76.2 Å². The third-order valence-corrected chi connectivity index (χ3v) is 3.77. The number of unbranched alkanes of at least 4 members (excludes halogenated alkanes) is 1. The fourth-order valence-corrected chi connectivity index (χ4v) is 2.37. The first kappa shape index (κ1) is 18.5. The zero-order valence-electron chi connectivity index (χ0n) is 13.7. The summed E-state index contributed by atoms with van der Waals surface area (Å²) in [5.74, 6) is 0.646. The van der Waals surface area contributed by atoms with E-state index in [1.807, 2.05) is 0 Å². The Balaban J connectivity index is 2.36. The number of nitrogens with zero attached hydrogens (tertiary/aromatic N) is 2. The SMILES string of the molecule is CCCCOc1ccc(Cl)cc1C=C(C#N)c1ccc([N+](=O)[O-])cc1. The van der Waals surface area contributed by atoms with Crippen LogP contribution in [0.4, 0.5) is 5.69 Å². The number of rotatable bonds is 7. The first-order valence-electron chi connectivity index (χ1n) is 7.84. The normalized spacial score (nSPS) is 11.0. The molecule has 0 aliphatic heterocycles. The molecule has 6 heteroatoms. The fourth-order valence-electron chi connectivity index (χ4n) is 2.19. The monoisotopic (exact) mass is 356 g/mol. The molecule has 0 bridgehead atoms. The summed E-state index contributed by atoms with van der Waals surface area (Å²) in [4.78, 5) is 10.3. The predicted octanol–water partition coefficient (Wildman–Crippen LogP) is 5.49. The molecule has 128 valence electrons. The van der Waals surface area contributed by atoms with E-state index < -0.39 is 4.92 Å². The lowest BCUT2D eigenvalue weighted by Gasteiger charge is -2.10. The van der Waals surface area contributed by atoms with E-state index in [-0.39, 0.29) is 5.69 Å². The van der Waals surface area contributed by atoms with Crippen LogP contribution < -0.4 is 4.74 Å². The maximum atomic E-state index is 10.7. The van der Waals surface area contributed by atoms with Gasteiger partial charge in [-0.25, -0.2) is 0 Å². The van der Waals surface area contributed by atoms with Crippen molar-refractivity contribution in [2.75, 3.05) is 6.61 Å². The number of nitro benzene ring substituents is 1. The molecular formula is C19H17ClN2O3. The number of halogens is 1. The molecule has 0 aliphatic carbocycles. The summed E-state index contributed by atoms with van der Waals surface area (Å²) in [6.07, 6.45) is 3.62. The summed E-state index contributed by atoms with van der Waals surface area (Å²) in [7, 11) is 0. The molecule has 2 aromatic rings. The fraction of sp³-hybridized carbons (Fsp3) is 0.211. The Morgan fingerprint density at radius 1 is 1.32 bits per heavy atom. The third kappa shape index (κ3) is 5.07. The number of allylic oxidation sites excluding steroid dienone is 1. The first-order chi connectivity index (χ1) is 12.0. The average Bonchev–Trinajstić information content (AvgIpc) is 2.61. The van der Waals surface area contributed by atoms with E-state index in [9.17, 15) is 15.4 Å². The largest absolute Gasteiger partial charge is 0.493 e. The van der Waals surface area contributed by atoms with Crippen molar-refractivity contribution >= 4 is 28.9 Å². The smallest absolute Gasteiger partial charge is 0.269 e. The van der Waals surface area contributed by atoms with Gasteiger partial charge in [-0.3, -0.25) is 10.1 Å². The molecule has 0 spiro atoms. The minimum absolute atomic E-state index is 0.0209. The number of benzene rings is 2. The van der Waals surface area contributed by atoms with Crippen LogP contribution >= 0.6 is 11.6 Å². The van der Waals surface area contributed by atoms with Crippen molar-refractivity contribution in [2.24, 2.45) is 0 Å². The summed E-state index contributed by atoms with van der Waals surface area (Å²) in [5.41, 5.74) is 1.64. The first-order valence-corrected chi connectivity index (χ1v) is 8.22. The van der Waals surface area contributed by atoms with Crippen LogP contribution in [0.25, 0.3) is 11.6 Å². The van der Waals surface area contributed by atoms with Gasteiger partial charge in [-0.15, -0.1) is 0 Å². The molecule has 0 amide bonds. The van der Waals surface area contributed by atoms with E-state index in [1.54, 1.807) is 36.4 Å². The number of hydrogen-bond donors (Lipinski definition) is 0. The highest BCUT2D eigenvalue weighted by molar-refractivity contribution is 6.30. The van der Waals surface area contributed by atoms with Crippen molar-refractivity contribution in [1.29, 1.82) is 5.26 Å². The quantitative estimate of drug-likeness (QED) is 0.216. The molecule has 0 unspecified atom stereocenters. The number of nitro groups is 1. The van der Waals surface area contributed by atoms with E-state index in [4.69, 9.17) is 16.3 Å². The highest BCUT2D eigenvalue weighted by Crippen LogP contribution is 2.28. The van der Waals surface area contributed by atoms with Gasteiger partial charge in [-0.05, 0) is 48.4 Å². The average molecular weight is 357 g/mol. The third-order valence-electron chi connectivity index (χ3n) is 3.54. The van der Waals surface area contributed by atoms with Crippen molar-refractivity contribution in [3.63, 3.8) is 0 Å². The lowest BCUT2D eigenvalue weighted by molar-refractivity contribution is -0.384. The molecule has 2 aromatic carbocycles. The van der Waals surface area contributed by atoms with E-state index in [2.05, 4.69) is 13.0 Å². The van der Waals surface area contributed by atoms with Crippen LogP contribution in [-0.4, -0.2) is 11.5 Å². The van der Waals surface area contributed by atoms with Crippen molar-refractivity contribution in [2.45, 2.75) is 19.8 Å². The van der Waals surface area contributed by atoms with E-state index >= 15 is 0 Å². The Labute approximate surface area is 151 Å². The number of ether oxygens (including phenoxy) is 1. The molecular weight excluding hydrogens is 340 g/mol. The molecule has 0 aliphatic rings. The standard InChI is InChI=1S/C19H17ClN2O3/c1-2-3-10-25-19-9-6-17(20)12-15(19)11-16(13-21)14-4-7-18(8-5-14)22(23)24/h4-9,11-12H,2-3,10H2,1H3. The Morgan fingerprint density at radius 2 is 2.04 bits per heavy atom. The lowest BCUT2D eigenvalue weighted by Crippen LogP contribution is -1.98. The maximum Gasteiger partial charge on any atom is 0.269 e.